The summed E-state index contributed by atoms with van der Waals surface area (Å²) >= 11 is 0. The summed E-state index contributed by atoms with van der Waals surface area (Å²) in [6.45, 7) is 0.790. The van der Waals surface area contributed by atoms with Crippen molar-refractivity contribution in [2.75, 3.05) is 18.5 Å². The SMILES string of the molecule is Cc1cc(=O)oc2cc(OCC(=O)OCC(=O)Nc3ccccc3C(=O)c3ccccc3)ccc12. The maximum atomic E-state index is 12.8. The van der Waals surface area contributed by atoms with Gasteiger partial charge in [-0.3, -0.25) is 9.59 Å². The fraction of sp³-hybridized carbons (Fsp3) is 0.111. The standard InChI is InChI=1S/C27H21NO7/c1-17-13-25(30)35-23-14-19(11-12-20(17)23)33-16-26(31)34-15-24(29)28-22-10-6-5-9-21(22)27(32)18-7-3-2-4-8-18/h2-14H,15-16H2,1H3,(H,28,29). The molecule has 0 fully saturated rings. The van der Waals surface area contributed by atoms with Gasteiger partial charge in [-0.15, -0.1) is 0 Å². The Morgan fingerprint density at radius 1 is 0.886 bits per heavy atom. The monoisotopic (exact) mass is 471 g/mol. The van der Waals surface area contributed by atoms with Crippen LogP contribution in [0.4, 0.5) is 5.69 Å². The largest absolute Gasteiger partial charge is 0.482 e. The van der Waals surface area contributed by atoms with Crippen molar-refractivity contribution >= 4 is 34.3 Å². The zero-order valence-corrected chi connectivity index (χ0v) is 18.8. The number of esters is 1. The lowest BCUT2D eigenvalue weighted by molar-refractivity contribution is -0.149. The lowest BCUT2D eigenvalue weighted by Crippen LogP contribution is -2.24. The van der Waals surface area contributed by atoms with Gasteiger partial charge in [0, 0.05) is 28.6 Å². The Labute approximate surface area is 200 Å². The van der Waals surface area contributed by atoms with E-state index in [0.29, 0.717) is 28.1 Å². The molecule has 0 radical (unpaired) electrons. The number of para-hydroxylation sites is 1. The van der Waals surface area contributed by atoms with E-state index in [2.05, 4.69) is 5.32 Å². The Morgan fingerprint density at radius 3 is 2.43 bits per heavy atom. The van der Waals surface area contributed by atoms with Crippen LogP contribution >= 0.6 is 0 Å². The molecule has 4 rings (SSSR count). The van der Waals surface area contributed by atoms with Crippen LogP contribution in [-0.2, 0) is 14.3 Å². The molecule has 4 aromatic rings. The van der Waals surface area contributed by atoms with Gasteiger partial charge in [-0.05, 0) is 36.8 Å². The third-order valence-electron chi connectivity index (χ3n) is 5.13. The van der Waals surface area contributed by atoms with Crippen molar-refractivity contribution < 1.29 is 28.3 Å². The van der Waals surface area contributed by atoms with E-state index in [1.54, 1.807) is 73.7 Å². The van der Waals surface area contributed by atoms with Crippen LogP contribution in [-0.4, -0.2) is 30.9 Å². The van der Waals surface area contributed by atoms with Gasteiger partial charge >= 0.3 is 11.6 Å². The molecule has 35 heavy (non-hydrogen) atoms. The molecule has 0 unspecified atom stereocenters. The number of benzene rings is 3. The average Bonchev–Trinajstić information content (AvgIpc) is 2.86. The van der Waals surface area contributed by atoms with Crippen LogP contribution in [0.15, 0.2) is 88.1 Å². The Kier molecular flexibility index (Phi) is 7.02. The molecule has 176 valence electrons. The molecule has 0 atom stereocenters. The maximum Gasteiger partial charge on any atom is 0.344 e. The van der Waals surface area contributed by atoms with E-state index >= 15 is 0 Å². The van der Waals surface area contributed by atoms with Gasteiger partial charge in [0.25, 0.3) is 5.91 Å². The number of rotatable bonds is 8. The highest BCUT2D eigenvalue weighted by atomic mass is 16.6. The lowest BCUT2D eigenvalue weighted by atomic mass is 10.0. The number of hydrogen-bond donors (Lipinski definition) is 1. The van der Waals surface area contributed by atoms with Crippen molar-refractivity contribution in [3.8, 4) is 5.75 Å². The first kappa shape index (κ1) is 23.4. The second kappa shape index (κ2) is 10.5. The van der Waals surface area contributed by atoms with Gasteiger partial charge < -0.3 is 19.2 Å². The minimum atomic E-state index is -0.764. The number of aryl methyl sites for hydroxylation is 1. The van der Waals surface area contributed by atoms with Crippen LogP contribution in [0, 0.1) is 6.92 Å². The van der Waals surface area contributed by atoms with Crippen LogP contribution in [0.3, 0.4) is 0 Å². The molecule has 0 saturated heterocycles. The molecule has 0 spiro atoms. The van der Waals surface area contributed by atoms with Crippen molar-refractivity contribution in [1.82, 2.24) is 0 Å². The first-order valence-corrected chi connectivity index (χ1v) is 10.7. The third kappa shape index (κ3) is 5.80. The van der Waals surface area contributed by atoms with Gasteiger partial charge in [-0.25, -0.2) is 9.59 Å². The zero-order valence-electron chi connectivity index (χ0n) is 18.8. The Hall–Kier alpha value is -4.72. The summed E-state index contributed by atoms with van der Waals surface area (Å²) in [6, 6.07) is 21.5. The second-order valence-electron chi connectivity index (χ2n) is 7.64. The van der Waals surface area contributed by atoms with Gasteiger partial charge in [-0.1, -0.05) is 42.5 Å². The van der Waals surface area contributed by atoms with E-state index in [0.717, 1.165) is 10.9 Å². The second-order valence-corrected chi connectivity index (χ2v) is 7.64. The van der Waals surface area contributed by atoms with Gasteiger partial charge in [-0.2, -0.15) is 0 Å². The molecule has 1 heterocycles. The fourth-order valence-electron chi connectivity index (χ4n) is 3.45. The van der Waals surface area contributed by atoms with Crippen molar-refractivity contribution in [3.05, 3.63) is 106 Å². The summed E-state index contributed by atoms with van der Waals surface area (Å²) < 4.78 is 15.5. The predicted molar refractivity (Wildman–Crippen MR) is 129 cm³/mol. The third-order valence-corrected chi connectivity index (χ3v) is 5.13. The Bertz CT molecular complexity index is 1460. The number of ketones is 1. The van der Waals surface area contributed by atoms with Crippen molar-refractivity contribution in [2.24, 2.45) is 0 Å². The highest BCUT2D eigenvalue weighted by Crippen LogP contribution is 2.22. The summed E-state index contributed by atoms with van der Waals surface area (Å²) in [5, 5.41) is 3.35. The summed E-state index contributed by atoms with van der Waals surface area (Å²) in [5.74, 6) is -1.30. The normalized spacial score (nSPS) is 10.5. The number of hydrogen-bond acceptors (Lipinski definition) is 7. The highest BCUT2D eigenvalue weighted by molar-refractivity contribution is 6.13. The first-order chi connectivity index (χ1) is 16.9. The number of carbonyl (C=O) groups excluding carboxylic acids is 3. The fourth-order valence-corrected chi connectivity index (χ4v) is 3.45. The molecule has 3 aromatic carbocycles. The summed E-state index contributed by atoms with van der Waals surface area (Å²) in [6.07, 6.45) is 0. The van der Waals surface area contributed by atoms with Crippen molar-refractivity contribution in [2.45, 2.75) is 6.92 Å². The lowest BCUT2D eigenvalue weighted by Gasteiger charge is -2.11. The Morgan fingerprint density at radius 2 is 1.63 bits per heavy atom. The molecular formula is C27H21NO7. The van der Waals surface area contributed by atoms with E-state index in [1.807, 2.05) is 0 Å². The van der Waals surface area contributed by atoms with Crippen LogP contribution in [0.1, 0.15) is 21.5 Å². The molecule has 0 aliphatic heterocycles. The van der Waals surface area contributed by atoms with Crippen molar-refractivity contribution in [1.29, 1.82) is 0 Å². The van der Waals surface area contributed by atoms with E-state index in [4.69, 9.17) is 13.9 Å². The summed E-state index contributed by atoms with van der Waals surface area (Å²) in [4.78, 5) is 48.7. The Balaban J connectivity index is 1.32. The molecule has 8 nitrogen and oxygen atoms in total. The van der Waals surface area contributed by atoms with E-state index in [1.165, 1.54) is 12.1 Å². The van der Waals surface area contributed by atoms with E-state index in [9.17, 15) is 19.2 Å². The zero-order chi connectivity index (χ0) is 24.8. The topological polar surface area (TPSA) is 112 Å². The summed E-state index contributed by atoms with van der Waals surface area (Å²) in [7, 11) is 0. The molecule has 1 N–H and O–H groups in total. The molecule has 0 saturated carbocycles. The molecule has 0 bridgehead atoms. The van der Waals surface area contributed by atoms with Gasteiger partial charge in [0.15, 0.2) is 19.0 Å². The first-order valence-electron chi connectivity index (χ1n) is 10.7. The van der Waals surface area contributed by atoms with Gasteiger partial charge in [0.05, 0.1) is 5.69 Å². The number of anilines is 1. The minimum Gasteiger partial charge on any atom is -0.482 e. The molecule has 0 aliphatic rings. The number of fused-ring (bicyclic) bond motifs is 1. The molecule has 0 aliphatic carbocycles. The van der Waals surface area contributed by atoms with Crippen LogP contribution < -0.4 is 15.7 Å². The minimum absolute atomic E-state index is 0.242. The summed E-state index contributed by atoms with van der Waals surface area (Å²) in [5.41, 5.74) is 1.74. The van der Waals surface area contributed by atoms with Crippen LogP contribution in [0.2, 0.25) is 0 Å². The van der Waals surface area contributed by atoms with Gasteiger partial charge in [0.1, 0.15) is 11.3 Å². The van der Waals surface area contributed by atoms with E-state index in [-0.39, 0.29) is 5.78 Å². The molecular weight excluding hydrogens is 450 g/mol. The molecule has 8 heteroatoms. The number of nitrogens with one attached hydrogen (secondary N) is 1. The molecule has 1 aromatic heterocycles. The number of carbonyl (C=O) groups is 3. The molecule has 1 amide bonds. The van der Waals surface area contributed by atoms with Crippen LogP contribution in [0.25, 0.3) is 11.0 Å². The highest BCUT2D eigenvalue weighted by Gasteiger charge is 2.16. The predicted octanol–water partition coefficient (Wildman–Crippen LogP) is 3.89. The van der Waals surface area contributed by atoms with Crippen molar-refractivity contribution in [3.63, 3.8) is 0 Å². The van der Waals surface area contributed by atoms with Gasteiger partial charge in [0.2, 0.25) is 0 Å². The van der Waals surface area contributed by atoms with Crippen LogP contribution in [0.5, 0.6) is 5.75 Å². The van der Waals surface area contributed by atoms with E-state index < -0.39 is 30.7 Å². The number of ether oxygens (including phenoxy) is 2. The smallest absolute Gasteiger partial charge is 0.344 e. The average molecular weight is 471 g/mol. The maximum absolute atomic E-state index is 12.8. The number of amides is 1. The quantitative estimate of drug-likeness (QED) is 0.236.